The molecule has 5 rings (SSSR count). The third-order valence-electron chi connectivity index (χ3n) is 7.57. The number of carbonyl (C=O) groups is 1. The minimum Gasteiger partial charge on any atom is -0.406 e. The van der Waals surface area contributed by atoms with Gasteiger partial charge in [0.25, 0.3) is 0 Å². The lowest BCUT2D eigenvalue weighted by molar-refractivity contribution is -0.274. The topological polar surface area (TPSA) is 91.8 Å². The molecule has 3 aromatic rings. The number of rotatable bonds is 8. The lowest BCUT2D eigenvalue weighted by Crippen LogP contribution is -2.47. The van der Waals surface area contributed by atoms with Gasteiger partial charge in [0, 0.05) is 32.2 Å². The third kappa shape index (κ3) is 6.76. The van der Waals surface area contributed by atoms with Crippen molar-refractivity contribution in [3.63, 3.8) is 0 Å². The van der Waals surface area contributed by atoms with Crippen LogP contribution in [-0.2, 0) is 14.8 Å². The molecule has 40 heavy (non-hydrogen) atoms. The van der Waals surface area contributed by atoms with Crippen LogP contribution in [0.15, 0.2) is 47.4 Å². The van der Waals surface area contributed by atoms with Crippen LogP contribution < -0.4 is 10.1 Å². The highest BCUT2D eigenvalue weighted by molar-refractivity contribution is 7.89. The van der Waals surface area contributed by atoms with E-state index in [9.17, 15) is 26.4 Å². The van der Waals surface area contributed by atoms with Crippen molar-refractivity contribution in [1.82, 2.24) is 14.2 Å². The molecular weight excluding hydrogens is 565 g/mol. The molecule has 0 unspecified atom stereocenters. The number of ether oxygens (including phenoxy) is 1. The van der Waals surface area contributed by atoms with Gasteiger partial charge in [-0.2, -0.15) is 4.31 Å². The van der Waals surface area contributed by atoms with Crippen molar-refractivity contribution in [3.05, 3.63) is 48.0 Å². The number of sulfonamides is 1. The van der Waals surface area contributed by atoms with Crippen molar-refractivity contribution in [2.75, 3.05) is 38.5 Å². The molecule has 1 amide bonds. The number of nitrogens with zero attached hydrogens (tertiary/aromatic N) is 3. The highest BCUT2D eigenvalue weighted by Gasteiger charge is 2.32. The van der Waals surface area contributed by atoms with Gasteiger partial charge >= 0.3 is 6.36 Å². The Hall–Kier alpha value is -2.74. The van der Waals surface area contributed by atoms with Gasteiger partial charge in [0.1, 0.15) is 5.75 Å². The van der Waals surface area contributed by atoms with Crippen LogP contribution in [0.2, 0.25) is 0 Å². The summed E-state index contributed by atoms with van der Waals surface area (Å²) < 4.78 is 70.1. The molecule has 1 aliphatic heterocycles. The zero-order chi connectivity index (χ0) is 28.5. The standard InChI is InChI=1S/C27H31F3N4O4S2/c1-33-12-14-34(15-13-33)40(36,37)21-9-6-19(7-10-21)22(16-18-4-2-3-5-18)25(35)32-26-31-23-11-8-20(17-24(23)39-26)38-27(28,29)30/h6-11,17-18,22H,2-5,12-16H2,1H3,(H,31,32,35)/t22-/m1/s1. The Morgan fingerprint density at radius 1 is 1.10 bits per heavy atom. The van der Waals surface area contributed by atoms with Crippen molar-refractivity contribution in [2.45, 2.75) is 49.3 Å². The summed E-state index contributed by atoms with van der Waals surface area (Å²) in [7, 11) is -1.67. The Morgan fingerprint density at radius 3 is 2.42 bits per heavy atom. The maximum absolute atomic E-state index is 13.5. The van der Waals surface area contributed by atoms with E-state index in [-0.39, 0.29) is 21.7 Å². The molecule has 0 radical (unpaired) electrons. The molecular formula is C27H31F3N4O4S2. The van der Waals surface area contributed by atoms with Gasteiger partial charge in [-0.3, -0.25) is 4.79 Å². The second-order valence-corrected chi connectivity index (χ2v) is 13.4. The summed E-state index contributed by atoms with van der Waals surface area (Å²) >= 11 is 1.06. The molecule has 8 nitrogen and oxygen atoms in total. The predicted octanol–water partition coefficient (Wildman–Crippen LogP) is 5.43. The number of nitrogens with one attached hydrogen (secondary N) is 1. The van der Waals surface area contributed by atoms with E-state index in [1.165, 1.54) is 22.5 Å². The Morgan fingerprint density at radius 2 is 1.77 bits per heavy atom. The van der Waals surface area contributed by atoms with Crippen LogP contribution in [0, 0.1) is 5.92 Å². The average Bonchev–Trinajstić information content (AvgIpc) is 3.56. The first-order chi connectivity index (χ1) is 19.0. The number of likely N-dealkylation sites (N-methyl/N-ethyl adjacent to an activating group) is 1. The minimum absolute atomic E-state index is 0.198. The highest BCUT2D eigenvalue weighted by Crippen LogP contribution is 2.37. The van der Waals surface area contributed by atoms with Crippen molar-refractivity contribution in [3.8, 4) is 5.75 Å². The van der Waals surface area contributed by atoms with E-state index in [0.717, 1.165) is 37.0 Å². The van der Waals surface area contributed by atoms with Gasteiger partial charge in [0.15, 0.2) is 5.13 Å². The van der Waals surface area contributed by atoms with E-state index < -0.39 is 22.3 Å². The fourth-order valence-electron chi connectivity index (χ4n) is 5.37. The Kier molecular flexibility index (Phi) is 8.37. The predicted molar refractivity (Wildman–Crippen MR) is 147 cm³/mol. The minimum atomic E-state index is -4.80. The lowest BCUT2D eigenvalue weighted by Gasteiger charge is -2.31. The quantitative estimate of drug-likeness (QED) is 0.373. The average molecular weight is 597 g/mol. The van der Waals surface area contributed by atoms with Gasteiger partial charge in [0.2, 0.25) is 15.9 Å². The third-order valence-corrected chi connectivity index (χ3v) is 10.4. The summed E-state index contributed by atoms with van der Waals surface area (Å²) in [5.74, 6) is -0.791. The van der Waals surface area contributed by atoms with Gasteiger partial charge in [-0.15, -0.1) is 13.2 Å². The lowest BCUT2D eigenvalue weighted by atomic mass is 9.87. The summed E-state index contributed by atoms with van der Waals surface area (Å²) in [5, 5.41) is 3.12. The van der Waals surface area contributed by atoms with E-state index >= 15 is 0 Å². The molecule has 2 heterocycles. The molecule has 1 aromatic heterocycles. The molecule has 2 aliphatic rings. The van der Waals surface area contributed by atoms with Crippen molar-refractivity contribution in [1.29, 1.82) is 0 Å². The number of halogens is 3. The molecule has 0 spiro atoms. The van der Waals surface area contributed by atoms with Crippen LogP contribution >= 0.6 is 11.3 Å². The molecule has 2 aromatic carbocycles. The van der Waals surface area contributed by atoms with Gasteiger partial charge in [-0.1, -0.05) is 49.2 Å². The van der Waals surface area contributed by atoms with Crippen molar-refractivity contribution < 1.29 is 31.1 Å². The number of fused-ring (bicyclic) bond motifs is 1. The zero-order valence-electron chi connectivity index (χ0n) is 22.0. The van der Waals surface area contributed by atoms with Gasteiger partial charge in [-0.05, 0) is 49.2 Å². The molecule has 13 heteroatoms. The first kappa shape index (κ1) is 28.8. The number of benzene rings is 2. The number of piperazine rings is 1. The number of hydrogen-bond donors (Lipinski definition) is 1. The summed E-state index contributed by atoms with van der Waals surface area (Å²) in [6.07, 6.45) is 0.0987. The molecule has 0 bridgehead atoms. The normalized spacial score (nSPS) is 18.7. The Balaban J connectivity index is 1.35. The van der Waals surface area contributed by atoms with E-state index in [1.54, 1.807) is 24.3 Å². The number of aromatic nitrogens is 1. The van der Waals surface area contributed by atoms with Crippen LogP contribution in [0.3, 0.4) is 0 Å². The maximum atomic E-state index is 13.5. The van der Waals surface area contributed by atoms with Crippen LogP contribution in [0.5, 0.6) is 5.75 Å². The zero-order valence-corrected chi connectivity index (χ0v) is 23.6. The van der Waals surface area contributed by atoms with Gasteiger partial charge in [-0.25, -0.2) is 13.4 Å². The van der Waals surface area contributed by atoms with E-state index in [0.29, 0.717) is 54.3 Å². The van der Waals surface area contributed by atoms with E-state index in [2.05, 4.69) is 19.9 Å². The summed E-state index contributed by atoms with van der Waals surface area (Å²) in [5.41, 5.74) is 1.16. The first-order valence-corrected chi connectivity index (χ1v) is 15.5. The highest BCUT2D eigenvalue weighted by atomic mass is 32.2. The number of amides is 1. The van der Waals surface area contributed by atoms with Gasteiger partial charge in [0.05, 0.1) is 21.0 Å². The SMILES string of the molecule is CN1CCN(S(=O)(=O)c2ccc([C@@H](CC3CCCC3)C(=O)Nc3nc4ccc(OC(F)(F)F)cc4s3)cc2)CC1. The molecule has 2 fully saturated rings. The van der Waals surface area contributed by atoms with Crippen LogP contribution in [-0.4, -0.2) is 68.1 Å². The number of hydrogen-bond acceptors (Lipinski definition) is 7. The van der Waals surface area contributed by atoms with Crippen molar-refractivity contribution in [2.24, 2.45) is 5.92 Å². The maximum Gasteiger partial charge on any atom is 0.573 e. The smallest absolute Gasteiger partial charge is 0.406 e. The second kappa shape index (κ2) is 11.6. The first-order valence-electron chi connectivity index (χ1n) is 13.2. The van der Waals surface area contributed by atoms with Crippen LogP contribution in [0.4, 0.5) is 18.3 Å². The van der Waals surface area contributed by atoms with E-state index in [4.69, 9.17) is 0 Å². The van der Waals surface area contributed by atoms with Crippen molar-refractivity contribution >= 4 is 42.6 Å². The molecule has 1 saturated heterocycles. The number of carbonyl (C=O) groups excluding carboxylic acids is 1. The fraction of sp³-hybridized carbons (Fsp3) is 0.481. The van der Waals surface area contributed by atoms with E-state index in [1.807, 2.05) is 7.05 Å². The summed E-state index contributed by atoms with van der Waals surface area (Å²) in [6.45, 7) is 2.20. The van der Waals surface area contributed by atoms with Gasteiger partial charge < -0.3 is 15.0 Å². The number of thiazole rings is 1. The Bertz CT molecular complexity index is 1450. The summed E-state index contributed by atoms with van der Waals surface area (Å²) in [4.78, 5) is 20.2. The number of alkyl halides is 3. The van der Waals surface area contributed by atoms with Crippen LogP contribution in [0.1, 0.15) is 43.6 Å². The molecule has 1 aliphatic carbocycles. The van der Waals surface area contributed by atoms with Crippen LogP contribution in [0.25, 0.3) is 10.2 Å². The largest absolute Gasteiger partial charge is 0.573 e. The summed E-state index contributed by atoms with van der Waals surface area (Å²) in [6, 6.07) is 10.4. The number of anilines is 1. The monoisotopic (exact) mass is 596 g/mol. The second-order valence-electron chi connectivity index (χ2n) is 10.4. The Labute approximate surface area is 235 Å². The molecule has 1 atom stereocenters. The molecule has 1 saturated carbocycles. The fourth-order valence-corrected chi connectivity index (χ4v) is 7.69. The molecule has 216 valence electrons. The molecule has 1 N–H and O–H groups in total.